The van der Waals surface area contributed by atoms with Crippen molar-refractivity contribution >= 4 is 135 Å². The van der Waals surface area contributed by atoms with E-state index in [1.807, 2.05) is 21.3 Å². The third-order valence-electron chi connectivity index (χ3n) is 16.3. The minimum Gasteiger partial charge on any atom is -0.481 e. The van der Waals surface area contributed by atoms with Crippen LogP contribution < -0.4 is 86.3 Å². The quantitative estimate of drug-likeness (QED) is 0.0146. The largest absolute Gasteiger partial charge is 0.481 e. The number of hydrogen-bond acceptors (Lipinski definition) is 24. The molecule has 0 radical (unpaired) electrons. The number of nitrogens with two attached hydrogens (primary N) is 3. The Morgan fingerprint density at radius 3 is 1.80 bits per heavy atom. The number of H-pyrrole nitrogens is 1. The molecule has 3 aromatic rings. The number of aliphatic carboxylic acids is 4. The zero-order valence-corrected chi connectivity index (χ0v) is 58.9. The van der Waals surface area contributed by atoms with Gasteiger partial charge in [-0.25, -0.2) is 4.79 Å². The molecular formula is C65H87N17O26. The second-order valence-corrected chi connectivity index (χ2v) is 25.0. The first kappa shape index (κ1) is 87.7. The van der Waals surface area contributed by atoms with Crippen molar-refractivity contribution in [3.8, 4) is 0 Å². The van der Waals surface area contributed by atoms with Crippen LogP contribution in [0.5, 0.6) is 0 Å². The summed E-state index contributed by atoms with van der Waals surface area (Å²) in [4.78, 5) is 275. The van der Waals surface area contributed by atoms with Gasteiger partial charge in [0.2, 0.25) is 82.7 Å². The van der Waals surface area contributed by atoms with Gasteiger partial charge in [0.1, 0.15) is 66.0 Å². The Bertz CT molecular complexity index is 3940. The van der Waals surface area contributed by atoms with Crippen molar-refractivity contribution in [1.82, 2.24) is 74.1 Å². The number of para-hydroxylation sites is 2. The molecule has 4 rings (SSSR count). The first-order chi connectivity index (χ1) is 50.7. The monoisotopic (exact) mass is 1520 g/mol. The predicted molar refractivity (Wildman–Crippen MR) is 368 cm³/mol. The summed E-state index contributed by atoms with van der Waals surface area (Å²) in [5, 5.41) is 78.0. The Kier molecular flexibility index (Phi) is 33.4. The number of carboxylic acid groups (broad SMARTS) is 4. The standard InChI is InChI=1S/C65H87N17O26/c1-6-43(85)74-37(19-31-24-69-35-15-10-8-12-32(31)35)58(101)77-38(20-42(68)84)60(103)82-65(5,23-49(94)95)64(107)81-51-30(4)108-63(106)52(53(96)33-13-7-9-14-34(33)67)80-62(105)50(28(2)18-46(88)89)79-59(102)41(27-83)75-45(87)25-70-55(98)39(21-47(90)91)76-54(97)29(3)72-57(100)40(22-48(92)93)78-56(99)36(16-11-17-66)73-44(86)26-71-61(51)104/h7-10,12-15,24,28-30,36-41,50-52,69,83H,6,11,16-23,25-27,66-67H2,1-5H3,(H2,68,84)(H,70,98)(H,71,104)(H,72,100)(H,73,86)(H,74,85)(H,75,87)(H,76,97)(H,77,101)(H,78,99)(H,79,102)(H,80,105)(H,81,107)(H,82,103)(H,88,89)(H,90,91)(H,92,93)(H,94,95)/t28?,29-,30-,36+,37+,38-,39+,40+,41-,50+,51+,52?,65+/m1/s1. The summed E-state index contributed by atoms with van der Waals surface area (Å²) in [7, 11) is 0. The average molecular weight is 1520 g/mol. The van der Waals surface area contributed by atoms with E-state index in [9.17, 15) is 121 Å². The first-order valence-corrected chi connectivity index (χ1v) is 33.2. The number of aliphatic hydroxyl groups is 1. The number of carbonyl (C=O) groups is 20. The molecule has 1 saturated heterocycles. The van der Waals surface area contributed by atoms with Crippen LogP contribution >= 0.6 is 0 Å². The second-order valence-electron chi connectivity index (χ2n) is 25.0. The minimum atomic E-state index is -2.87. The maximum atomic E-state index is 14.9. The lowest BCUT2D eigenvalue weighted by atomic mass is 9.94. The number of ether oxygens (including phenoxy) is 1. The molecule has 1 aromatic heterocycles. The van der Waals surface area contributed by atoms with Gasteiger partial charge in [-0.3, -0.25) is 91.1 Å². The number of hydrogen-bond donors (Lipinski definition) is 22. The summed E-state index contributed by atoms with van der Waals surface area (Å²) >= 11 is 0. The van der Waals surface area contributed by atoms with Crippen molar-refractivity contribution in [2.24, 2.45) is 17.4 Å². The van der Waals surface area contributed by atoms with Gasteiger partial charge in [0.05, 0.1) is 51.8 Å². The molecule has 25 N–H and O–H groups in total. The highest BCUT2D eigenvalue weighted by Gasteiger charge is 2.45. The number of aromatic amines is 1. The van der Waals surface area contributed by atoms with Crippen molar-refractivity contribution in [2.45, 2.75) is 164 Å². The van der Waals surface area contributed by atoms with Crippen LogP contribution in [-0.2, 0) is 102 Å². The third-order valence-corrected chi connectivity index (χ3v) is 16.3. The minimum absolute atomic E-state index is 0.101. The number of esters is 1. The molecule has 43 nitrogen and oxygen atoms in total. The fourth-order valence-corrected chi connectivity index (χ4v) is 10.6. The Morgan fingerprint density at radius 2 is 1.21 bits per heavy atom. The summed E-state index contributed by atoms with van der Waals surface area (Å²) in [6.07, 6.45) is -7.53. The van der Waals surface area contributed by atoms with Gasteiger partial charge in [0.25, 0.3) is 0 Å². The van der Waals surface area contributed by atoms with Crippen molar-refractivity contribution in [3.63, 3.8) is 0 Å². The molecule has 2 aromatic carbocycles. The Hall–Kier alpha value is -12.7. The van der Waals surface area contributed by atoms with E-state index in [1.165, 1.54) is 19.1 Å². The van der Waals surface area contributed by atoms with Gasteiger partial charge < -0.3 is 122 Å². The number of primary amides is 1. The SMILES string of the molecule is CCC(=O)N[C@@H](Cc1c[nH]c2ccccc12)C(=O)N[C@H](CC(N)=O)C(=O)N[C@@](C)(CC(=O)O)C(=O)N[C@@H]1C(=O)NCC(=O)N[C@@H](CCCN)C(=O)N[C@@H](CC(=O)O)C(=O)N[C@H](C)C(=O)N[C@@H](CC(=O)O)C(=O)NCC(=O)N[C@H](CO)C(=O)N[C@@H](C(C)CC(=O)O)C(=O)NC(C(=O)c2ccccc2N)C(=O)O[C@@H]1C. The molecule has 43 heteroatoms. The predicted octanol–water partition coefficient (Wildman–Crippen LogP) is -8.35. The molecule has 108 heavy (non-hydrogen) atoms. The summed E-state index contributed by atoms with van der Waals surface area (Å²) < 4.78 is 5.61. The average Bonchev–Trinajstić information content (AvgIpc) is 1.02. The lowest BCUT2D eigenvalue weighted by Crippen LogP contribution is -2.66. The number of amides is 14. The molecule has 13 atom stereocenters. The van der Waals surface area contributed by atoms with E-state index < -0.39 is 260 Å². The van der Waals surface area contributed by atoms with Crippen LogP contribution in [0.4, 0.5) is 5.69 Å². The number of carboxylic acids is 4. The molecule has 0 spiro atoms. The van der Waals surface area contributed by atoms with Crippen LogP contribution in [-0.4, -0.2) is 247 Å². The topological polar surface area (TPSA) is 702 Å². The molecule has 2 heterocycles. The van der Waals surface area contributed by atoms with E-state index in [1.54, 1.807) is 30.5 Å². The van der Waals surface area contributed by atoms with E-state index >= 15 is 0 Å². The number of ketones is 1. The molecule has 588 valence electrons. The zero-order valence-electron chi connectivity index (χ0n) is 58.9. The van der Waals surface area contributed by atoms with E-state index in [2.05, 4.69) is 52.8 Å². The Balaban J connectivity index is 1.91. The summed E-state index contributed by atoms with van der Waals surface area (Å²) in [5.74, 6) is -30.9. The lowest BCUT2D eigenvalue weighted by molar-refractivity contribution is -0.155. The highest BCUT2D eigenvalue weighted by atomic mass is 16.5. The van der Waals surface area contributed by atoms with Crippen LogP contribution in [0.2, 0.25) is 0 Å². The van der Waals surface area contributed by atoms with E-state index in [4.69, 9.17) is 21.9 Å². The number of aliphatic hydroxyl groups excluding tert-OH is 1. The van der Waals surface area contributed by atoms with Gasteiger partial charge in [-0.15, -0.1) is 0 Å². The van der Waals surface area contributed by atoms with Crippen LogP contribution in [0.3, 0.4) is 0 Å². The molecule has 1 aliphatic rings. The number of anilines is 1. The van der Waals surface area contributed by atoms with Gasteiger partial charge in [0, 0.05) is 41.2 Å². The molecule has 0 bridgehead atoms. The van der Waals surface area contributed by atoms with Crippen molar-refractivity contribution in [3.05, 3.63) is 65.9 Å². The van der Waals surface area contributed by atoms with Crippen LogP contribution in [0.15, 0.2) is 54.7 Å². The molecular weight excluding hydrogens is 1430 g/mol. The van der Waals surface area contributed by atoms with Crippen LogP contribution in [0.1, 0.15) is 102 Å². The number of Topliss-reactive ketones (excluding diaryl/α,β-unsaturated/α-hetero) is 1. The van der Waals surface area contributed by atoms with Gasteiger partial charge in [-0.05, 0) is 69.8 Å². The number of nitrogens with one attached hydrogen (secondary N) is 14. The third kappa shape index (κ3) is 26.8. The summed E-state index contributed by atoms with van der Waals surface area (Å²) in [6, 6.07) is -9.30. The van der Waals surface area contributed by atoms with Gasteiger partial charge in [-0.1, -0.05) is 44.2 Å². The molecule has 1 fully saturated rings. The number of carbonyl (C=O) groups excluding carboxylic acids is 16. The Labute approximate surface area is 612 Å². The van der Waals surface area contributed by atoms with Crippen molar-refractivity contribution < 1.29 is 126 Å². The highest BCUT2D eigenvalue weighted by Crippen LogP contribution is 2.22. The Morgan fingerprint density at radius 1 is 0.639 bits per heavy atom. The second kappa shape index (κ2) is 41.1. The molecule has 1 aliphatic heterocycles. The van der Waals surface area contributed by atoms with E-state index in [-0.39, 0.29) is 31.5 Å². The fraction of sp³-hybridized carbons (Fsp3) is 0.477. The molecule has 14 amide bonds. The van der Waals surface area contributed by atoms with Crippen LogP contribution in [0, 0.1) is 5.92 Å². The number of rotatable bonds is 27. The first-order valence-electron chi connectivity index (χ1n) is 33.2. The van der Waals surface area contributed by atoms with Gasteiger partial charge in [0.15, 0.2) is 11.8 Å². The van der Waals surface area contributed by atoms with Gasteiger partial charge >= 0.3 is 29.8 Å². The smallest absolute Gasteiger partial charge is 0.337 e. The number of aromatic nitrogens is 1. The molecule has 2 unspecified atom stereocenters. The number of fused-ring (bicyclic) bond motifs is 1. The zero-order chi connectivity index (χ0) is 81.0. The van der Waals surface area contributed by atoms with Crippen molar-refractivity contribution in [2.75, 3.05) is 32.0 Å². The molecule has 0 saturated carbocycles. The van der Waals surface area contributed by atoms with Gasteiger partial charge in [-0.2, -0.15) is 0 Å². The van der Waals surface area contributed by atoms with E-state index in [0.29, 0.717) is 16.5 Å². The number of nitrogen functional groups attached to an aromatic ring is 1. The summed E-state index contributed by atoms with van der Waals surface area (Å²) in [6.45, 7) is 1.13. The maximum Gasteiger partial charge on any atom is 0.337 e. The number of benzene rings is 2. The maximum absolute atomic E-state index is 14.9. The molecule has 0 aliphatic carbocycles. The summed E-state index contributed by atoms with van der Waals surface area (Å²) in [5.41, 5.74) is 14.7. The normalized spacial score (nSPS) is 22.1. The van der Waals surface area contributed by atoms with Crippen molar-refractivity contribution in [1.29, 1.82) is 0 Å². The highest BCUT2D eigenvalue weighted by molar-refractivity contribution is 6.16. The fourth-order valence-electron chi connectivity index (χ4n) is 10.6. The van der Waals surface area contributed by atoms with Crippen LogP contribution in [0.25, 0.3) is 10.9 Å². The lowest BCUT2D eigenvalue weighted by Gasteiger charge is -2.33. The number of cyclic esters (lactones) is 1. The van der Waals surface area contributed by atoms with E-state index in [0.717, 1.165) is 39.8 Å².